The van der Waals surface area contributed by atoms with Crippen LogP contribution < -0.4 is 5.32 Å². The molecule has 0 aliphatic carbocycles. The van der Waals surface area contributed by atoms with Crippen LogP contribution in [-0.4, -0.2) is 13.1 Å². The zero-order valence-electron chi connectivity index (χ0n) is 12.7. The van der Waals surface area contributed by atoms with E-state index in [1.807, 2.05) is 6.07 Å². The fourth-order valence-electron chi connectivity index (χ4n) is 3.41. The number of hydrogen-bond donors (Lipinski definition) is 1. The first-order valence-corrected chi connectivity index (χ1v) is 7.68. The summed E-state index contributed by atoms with van der Waals surface area (Å²) in [7, 11) is 0. The first kappa shape index (κ1) is 14.3. The van der Waals surface area contributed by atoms with Gasteiger partial charge < -0.3 is 5.32 Å². The van der Waals surface area contributed by atoms with Crippen LogP contribution in [0.5, 0.6) is 0 Å². The number of halogens is 1. The van der Waals surface area contributed by atoms with Crippen LogP contribution in [0.4, 0.5) is 4.39 Å². The summed E-state index contributed by atoms with van der Waals surface area (Å²) in [6, 6.07) is 14.0. The number of rotatable bonds is 2. The van der Waals surface area contributed by atoms with Crippen LogP contribution in [0, 0.1) is 19.7 Å². The van der Waals surface area contributed by atoms with Gasteiger partial charge in [-0.15, -0.1) is 0 Å². The second-order valence-electron chi connectivity index (χ2n) is 6.12. The molecular weight excluding hydrogens is 261 g/mol. The minimum Gasteiger partial charge on any atom is -0.316 e. The zero-order valence-corrected chi connectivity index (χ0v) is 12.7. The summed E-state index contributed by atoms with van der Waals surface area (Å²) >= 11 is 0. The van der Waals surface area contributed by atoms with E-state index in [0.29, 0.717) is 11.8 Å². The SMILES string of the molecule is Cc1ccc(C2CNCCC2c2cc(F)ccc2C)cc1. The van der Waals surface area contributed by atoms with Crippen molar-refractivity contribution >= 4 is 0 Å². The van der Waals surface area contributed by atoms with Crippen LogP contribution in [-0.2, 0) is 0 Å². The summed E-state index contributed by atoms with van der Waals surface area (Å²) in [5.41, 5.74) is 4.99. The Balaban J connectivity index is 1.98. The molecule has 0 saturated carbocycles. The molecule has 2 unspecified atom stereocenters. The quantitative estimate of drug-likeness (QED) is 0.866. The van der Waals surface area contributed by atoms with Gasteiger partial charge in [0.05, 0.1) is 0 Å². The van der Waals surface area contributed by atoms with Crippen molar-refractivity contribution in [2.75, 3.05) is 13.1 Å². The highest BCUT2D eigenvalue weighted by molar-refractivity contribution is 5.36. The third-order valence-electron chi connectivity index (χ3n) is 4.63. The molecule has 0 aromatic heterocycles. The van der Waals surface area contributed by atoms with Crippen molar-refractivity contribution in [1.29, 1.82) is 0 Å². The van der Waals surface area contributed by atoms with Crippen molar-refractivity contribution in [3.63, 3.8) is 0 Å². The molecule has 0 spiro atoms. The predicted octanol–water partition coefficient (Wildman–Crippen LogP) is 4.30. The fourth-order valence-corrected chi connectivity index (χ4v) is 3.41. The van der Waals surface area contributed by atoms with E-state index < -0.39 is 0 Å². The first-order chi connectivity index (χ1) is 10.1. The number of piperidine rings is 1. The zero-order chi connectivity index (χ0) is 14.8. The number of hydrogen-bond acceptors (Lipinski definition) is 1. The van der Waals surface area contributed by atoms with Crippen LogP contribution in [0.15, 0.2) is 42.5 Å². The van der Waals surface area contributed by atoms with Gasteiger partial charge in [0.15, 0.2) is 0 Å². The highest BCUT2D eigenvalue weighted by atomic mass is 19.1. The van der Waals surface area contributed by atoms with Crippen molar-refractivity contribution in [2.45, 2.75) is 32.1 Å². The highest BCUT2D eigenvalue weighted by Gasteiger charge is 2.28. The second kappa shape index (κ2) is 5.98. The van der Waals surface area contributed by atoms with Gasteiger partial charge >= 0.3 is 0 Å². The lowest BCUT2D eigenvalue weighted by Crippen LogP contribution is -2.34. The monoisotopic (exact) mass is 283 g/mol. The fraction of sp³-hybridized carbons (Fsp3) is 0.368. The summed E-state index contributed by atoms with van der Waals surface area (Å²) in [6.45, 7) is 6.16. The summed E-state index contributed by atoms with van der Waals surface area (Å²) < 4.78 is 13.7. The Bertz CT molecular complexity index is 618. The van der Waals surface area contributed by atoms with Gasteiger partial charge in [-0.2, -0.15) is 0 Å². The van der Waals surface area contributed by atoms with Crippen LogP contribution in [0.1, 0.15) is 40.5 Å². The van der Waals surface area contributed by atoms with Crippen molar-refractivity contribution in [3.05, 3.63) is 70.5 Å². The minimum atomic E-state index is -0.128. The average molecular weight is 283 g/mol. The van der Waals surface area contributed by atoms with Crippen molar-refractivity contribution in [2.24, 2.45) is 0 Å². The largest absolute Gasteiger partial charge is 0.316 e. The maximum absolute atomic E-state index is 13.7. The van der Waals surface area contributed by atoms with E-state index in [4.69, 9.17) is 0 Å². The molecule has 2 aromatic rings. The van der Waals surface area contributed by atoms with E-state index >= 15 is 0 Å². The minimum absolute atomic E-state index is 0.128. The lowest BCUT2D eigenvalue weighted by Gasteiger charge is -2.34. The molecule has 3 rings (SSSR count). The highest BCUT2D eigenvalue weighted by Crippen LogP contribution is 2.38. The summed E-state index contributed by atoms with van der Waals surface area (Å²) in [5, 5.41) is 3.49. The van der Waals surface area contributed by atoms with Gasteiger partial charge in [0, 0.05) is 12.5 Å². The molecule has 1 nitrogen and oxygen atoms in total. The van der Waals surface area contributed by atoms with Gasteiger partial charge in [-0.25, -0.2) is 4.39 Å². The maximum Gasteiger partial charge on any atom is 0.123 e. The van der Waals surface area contributed by atoms with Gasteiger partial charge in [0.1, 0.15) is 5.82 Å². The Kier molecular flexibility index (Phi) is 4.07. The van der Waals surface area contributed by atoms with E-state index in [1.165, 1.54) is 22.3 Å². The summed E-state index contributed by atoms with van der Waals surface area (Å²) in [6.07, 6.45) is 1.06. The Hall–Kier alpha value is -1.67. The molecule has 0 amide bonds. The molecule has 0 radical (unpaired) electrons. The Labute approximate surface area is 126 Å². The van der Waals surface area contributed by atoms with Gasteiger partial charge in [0.25, 0.3) is 0 Å². The molecule has 2 heteroatoms. The molecule has 110 valence electrons. The van der Waals surface area contributed by atoms with E-state index in [0.717, 1.165) is 19.5 Å². The van der Waals surface area contributed by atoms with Crippen LogP contribution in [0.25, 0.3) is 0 Å². The molecule has 1 saturated heterocycles. The molecule has 2 atom stereocenters. The lowest BCUT2D eigenvalue weighted by molar-refractivity contribution is 0.402. The molecule has 1 N–H and O–H groups in total. The Morgan fingerprint density at radius 2 is 1.76 bits per heavy atom. The van der Waals surface area contributed by atoms with E-state index in [2.05, 4.69) is 43.4 Å². The number of benzene rings is 2. The maximum atomic E-state index is 13.7. The Morgan fingerprint density at radius 3 is 2.52 bits per heavy atom. The molecular formula is C19H22FN. The summed E-state index contributed by atoms with van der Waals surface area (Å²) in [4.78, 5) is 0. The smallest absolute Gasteiger partial charge is 0.123 e. The molecule has 1 fully saturated rings. The third-order valence-corrected chi connectivity index (χ3v) is 4.63. The Morgan fingerprint density at radius 1 is 1.00 bits per heavy atom. The second-order valence-corrected chi connectivity index (χ2v) is 6.12. The molecule has 1 aliphatic heterocycles. The van der Waals surface area contributed by atoms with Crippen molar-refractivity contribution in [1.82, 2.24) is 5.32 Å². The molecule has 21 heavy (non-hydrogen) atoms. The molecule has 0 bridgehead atoms. The predicted molar refractivity (Wildman–Crippen MR) is 85.3 cm³/mol. The first-order valence-electron chi connectivity index (χ1n) is 7.68. The topological polar surface area (TPSA) is 12.0 Å². The third kappa shape index (κ3) is 3.01. The number of aryl methyl sites for hydroxylation is 2. The van der Waals surface area contributed by atoms with Gasteiger partial charge in [-0.1, -0.05) is 35.9 Å². The normalized spacial score (nSPS) is 22.2. The van der Waals surface area contributed by atoms with Crippen LogP contribution in [0.2, 0.25) is 0 Å². The van der Waals surface area contributed by atoms with Crippen LogP contribution >= 0.6 is 0 Å². The number of nitrogens with one attached hydrogen (secondary N) is 1. The van der Waals surface area contributed by atoms with Gasteiger partial charge in [-0.05, 0) is 61.6 Å². The molecule has 1 heterocycles. The molecule has 2 aromatic carbocycles. The summed E-state index contributed by atoms with van der Waals surface area (Å²) in [5.74, 6) is 0.682. The lowest BCUT2D eigenvalue weighted by atomic mass is 9.76. The van der Waals surface area contributed by atoms with E-state index in [-0.39, 0.29) is 5.82 Å². The van der Waals surface area contributed by atoms with Crippen molar-refractivity contribution < 1.29 is 4.39 Å². The molecule has 1 aliphatic rings. The van der Waals surface area contributed by atoms with E-state index in [9.17, 15) is 4.39 Å². The van der Waals surface area contributed by atoms with E-state index in [1.54, 1.807) is 12.1 Å². The van der Waals surface area contributed by atoms with Crippen LogP contribution in [0.3, 0.4) is 0 Å². The van der Waals surface area contributed by atoms with Gasteiger partial charge in [-0.3, -0.25) is 0 Å². The van der Waals surface area contributed by atoms with Crippen molar-refractivity contribution in [3.8, 4) is 0 Å². The average Bonchev–Trinajstić information content (AvgIpc) is 2.51. The standard InChI is InChI=1S/C19H22FN/c1-13-3-6-15(7-4-13)19-12-21-10-9-17(19)18-11-16(20)8-5-14(18)2/h3-8,11,17,19,21H,9-10,12H2,1-2H3. The van der Waals surface area contributed by atoms with Gasteiger partial charge in [0.2, 0.25) is 0 Å².